The lowest BCUT2D eigenvalue weighted by Gasteiger charge is -2.27. The molecule has 2 aromatic carbocycles. The van der Waals surface area contributed by atoms with Gasteiger partial charge >= 0.3 is 0 Å². The second-order valence-corrected chi connectivity index (χ2v) is 11.4. The van der Waals surface area contributed by atoms with Crippen LogP contribution in [0.15, 0.2) is 84.1 Å². The summed E-state index contributed by atoms with van der Waals surface area (Å²) in [5.41, 5.74) is 1.73. The molecule has 8 heteroatoms. The Kier molecular flexibility index (Phi) is 7.00. The van der Waals surface area contributed by atoms with E-state index in [9.17, 15) is 8.42 Å². The Morgan fingerprint density at radius 3 is 2.66 bits per heavy atom. The molecule has 2 aromatic heterocycles. The van der Waals surface area contributed by atoms with E-state index < -0.39 is 9.84 Å². The van der Waals surface area contributed by atoms with E-state index in [-0.39, 0.29) is 11.8 Å². The number of pyridine rings is 2. The maximum absolute atomic E-state index is 13.3. The third-order valence-corrected chi connectivity index (χ3v) is 8.48. The standard InChI is InChI=1S/C27H27ClN4O2S/c28-22-9-8-20-10-13-30-27(25(20)17-22)31-23-6-3-7-24(18-23)35(33,34)16-11-26(32-14-1-2-15-32)21-5-4-12-29-19-21/h3-10,12-13,17-19,26H,1-2,11,14-16H2,(H,30,31). The summed E-state index contributed by atoms with van der Waals surface area (Å²) in [6, 6.07) is 18.5. The number of likely N-dealkylation sites (tertiary alicyclic amines) is 1. The Labute approximate surface area is 210 Å². The van der Waals surface area contributed by atoms with Crippen LogP contribution in [0.1, 0.15) is 30.9 Å². The van der Waals surface area contributed by atoms with Crippen molar-refractivity contribution in [3.05, 3.63) is 89.8 Å². The lowest BCUT2D eigenvalue weighted by molar-refractivity contribution is 0.239. The van der Waals surface area contributed by atoms with Crippen molar-refractivity contribution < 1.29 is 8.42 Å². The Hall–Kier alpha value is -3.00. The monoisotopic (exact) mass is 506 g/mol. The van der Waals surface area contributed by atoms with Crippen LogP contribution in [0.2, 0.25) is 5.02 Å². The first-order valence-corrected chi connectivity index (χ1v) is 13.8. The molecule has 0 amide bonds. The zero-order valence-electron chi connectivity index (χ0n) is 19.3. The van der Waals surface area contributed by atoms with E-state index in [2.05, 4.69) is 20.2 Å². The van der Waals surface area contributed by atoms with Crippen molar-refractivity contribution in [2.75, 3.05) is 24.2 Å². The van der Waals surface area contributed by atoms with Crippen LogP contribution < -0.4 is 5.32 Å². The van der Waals surface area contributed by atoms with Gasteiger partial charge < -0.3 is 5.32 Å². The van der Waals surface area contributed by atoms with Crippen LogP contribution in [0, 0.1) is 0 Å². The van der Waals surface area contributed by atoms with Crippen molar-refractivity contribution in [3.8, 4) is 0 Å². The number of rotatable bonds is 8. The normalized spacial score (nSPS) is 15.3. The average molecular weight is 507 g/mol. The molecule has 0 saturated carbocycles. The van der Waals surface area contributed by atoms with Gasteiger partial charge in [-0.2, -0.15) is 0 Å². The third-order valence-electron chi connectivity index (χ3n) is 6.49. The number of nitrogens with zero attached hydrogens (tertiary/aromatic N) is 3. The largest absolute Gasteiger partial charge is 0.340 e. The minimum atomic E-state index is -3.49. The summed E-state index contributed by atoms with van der Waals surface area (Å²) < 4.78 is 26.7. The van der Waals surface area contributed by atoms with Gasteiger partial charge in [-0.05, 0) is 85.8 Å². The summed E-state index contributed by atoms with van der Waals surface area (Å²) in [4.78, 5) is 11.4. The molecule has 5 rings (SSSR count). The van der Waals surface area contributed by atoms with E-state index in [1.807, 2.05) is 48.7 Å². The fourth-order valence-corrected chi connectivity index (χ4v) is 6.25. The molecule has 35 heavy (non-hydrogen) atoms. The van der Waals surface area contributed by atoms with Crippen LogP contribution in [-0.4, -0.2) is 42.1 Å². The number of hydrogen-bond acceptors (Lipinski definition) is 6. The number of aromatic nitrogens is 2. The van der Waals surface area contributed by atoms with Crippen molar-refractivity contribution in [3.63, 3.8) is 0 Å². The molecule has 1 atom stereocenters. The van der Waals surface area contributed by atoms with Gasteiger partial charge in [0, 0.05) is 40.7 Å². The van der Waals surface area contributed by atoms with Gasteiger partial charge in [-0.15, -0.1) is 0 Å². The van der Waals surface area contributed by atoms with Crippen LogP contribution in [-0.2, 0) is 9.84 Å². The minimum Gasteiger partial charge on any atom is -0.340 e. The van der Waals surface area contributed by atoms with E-state index in [0.717, 1.165) is 42.3 Å². The van der Waals surface area contributed by atoms with Crippen molar-refractivity contribution >= 4 is 43.7 Å². The highest BCUT2D eigenvalue weighted by Gasteiger charge is 2.26. The third kappa shape index (κ3) is 5.48. The number of nitrogens with one attached hydrogen (secondary N) is 1. The molecule has 4 aromatic rings. The molecule has 0 spiro atoms. The molecular weight excluding hydrogens is 480 g/mol. The average Bonchev–Trinajstić information content (AvgIpc) is 3.40. The Bertz CT molecular complexity index is 1420. The topological polar surface area (TPSA) is 75.2 Å². The van der Waals surface area contributed by atoms with Gasteiger partial charge in [-0.1, -0.05) is 29.8 Å². The fraction of sp³-hybridized carbons (Fsp3) is 0.259. The molecule has 1 aliphatic heterocycles. The second kappa shape index (κ2) is 10.3. The number of fused-ring (bicyclic) bond motifs is 1. The first kappa shape index (κ1) is 23.7. The van der Waals surface area contributed by atoms with Gasteiger partial charge in [0.05, 0.1) is 10.6 Å². The maximum atomic E-state index is 13.3. The number of sulfone groups is 1. The summed E-state index contributed by atoms with van der Waals surface area (Å²) in [6.07, 6.45) is 8.13. The number of anilines is 2. The number of hydrogen-bond donors (Lipinski definition) is 1. The molecule has 3 heterocycles. The van der Waals surface area contributed by atoms with E-state index in [1.165, 1.54) is 0 Å². The molecule has 0 aliphatic carbocycles. The van der Waals surface area contributed by atoms with E-state index in [4.69, 9.17) is 11.6 Å². The van der Waals surface area contributed by atoms with Gasteiger partial charge in [0.15, 0.2) is 9.84 Å². The Morgan fingerprint density at radius 2 is 1.86 bits per heavy atom. The van der Waals surface area contributed by atoms with Gasteiger partial charge in [-0.25, -0.2) is 13.4 Å². The Balaban J connectivity index is 1.36. The van der Waals surface area contributed by atoms with E-state index >= 15 is 0 Å². The highest BCUT2D eigenvalue weighted by Crippen LogP contribution is 2.31. The van der Waals surface area contributed by atoms with Crippen LogP contribution in [0.5, 0.6) is 0 Å². The number of benzene rings is 2. The molecule has 1 unspecified atom stereocenters. The first-order chi connectivity index (χ1) is 17.0. The maximum Gasteiger partial charge on any atom is 0.178 e. The first-order valence-electron chi connectivity index (χ1n) is 11.8. The minimum absolute atomic E-state index is 0.0481. The molecular formula is C27H27ClN4O2S. The van der Waals surface area contributed by atoms with Crippen molar-refractivity contribution in [2.24, 2.45) is 0 Å². The highest BCUT2D eigenvalue weighted by atomic mass is 35.5. The highest BCUT2D eigenvalue weighted by molar-refractivity contribution is 7.91. The van der Waals surface area contributed by atoms with Gasteiger partial charge in [-0.3, -0.25) is 9.88 Å². The van der Waals surface area contributed by atoms with Gasteiger partial charge in [0.25, 0.3) is 0 Å². The van der Waals surface area contributed by atoms with Crippen LogP contribution in [0.3, 0.4) is 0 Å². The quantitative estimate of drug-likeness (QED) is 0.314. The zero-order chi connectivity index (χ0) is 24.3. The molecule has 180 valence electrons. The Morgan fingerprint density at radius 1 is 1.00 bits per heavy atom. The molecule has 1 aliphatic rings. The fourth-order valence-electron chi connectivity index (χ4n) is 4.72. The summed E-state index contributed by atoms with van der Waals surface area (Å²) in [7, 11) is -3.49. The summed E-state index contributed by atoms with van der Waals surface area (Å²) in [5, 5.41) is 5.76. The van der Waals surface area contributed by atoms with Gasteiger partial charge in [0.1, 0.15) is 5.82 Å². The number of halogens is 1. The van der Waals surface area contributed by atoms with Crippen LogP contribution >= 0.6 is 11.6 Å². The van der Waals surface area contributed by atoms with Crippen LogP contribution in [0.25, 0.3) is 10.8 Å². The van der Waals surface area contributed by atoms with E-state index in [0.29, 0.717) is 27.8 Å². The lowest BCUT2D eigenvalue weighted by atomic mass is 10.1. The molecule has 1 saturated heterocycles. The van der Waals surface area contributed by atoms with Crippen molar-refractivity contribution in [2.45, 2.75) is 30.2 Å². The van der Waals surface area contributed by atoms with Crippen molar-refractivity contribution in [1.29, 1.82) is 0 Å². The molecule has 6 nitrogen and oxygen atoms in total. The molecule has 0 radical (unpaired) electrons. The lowest BCUT2D eigenvalue weighted by Crippen LogP contribution is -2.27. The van der Waals surface area contributed by atoms with E-state index in [1.54, 1.807) is 30.6 Å². The smallest absolute Gasteiger partial charge is 0.178 e. The second-order valence-electron chi connectivity index (χ2n) is 8.83. The summed E-state index contributed by atoms with van der Waals surface area (Å²) in [5.74, 6) is 0.694. The zero-order valence-corrected chi connectivity index (χ0v) is 20.8. The van der Waals surface area contributed by atoms with Crippen LogP contribution in [0.4, 0.5) is 11.5 Å². The van der Waals surface area contributed by atoms with Crippen molar-refractivity contribution in [1.82, 2.24) is 14.9 Å². The predicted octanol–water partition coefficient (Wildman–Crippen LogP) is 6.03. The van der Waals surface area contributed by atoms with Gasteiger partial charge in [0.2, 0.25) is 0 Å². The molecule has 0 bridgehead atoms. The molecule has 1 fully saturated rings. The molecule has 1 N–H and O–H groups in total. The predicted molar refractivity (Wildman–Crippen MR) is 141 cm³/mol. The SMILES string of the molecule is O=S(=O)(CCC(c1cccnc1)N1CCCC1)c1cccc(Nc2nccc3ccc(Cl)cc23)c1. The summed E-state index contributed by atoms with van der Waals surface area (Å²) in [6.45, 7) is 1.97. The summed E-state index contributed by atoms with van der Waals surface area (Å²) >= 11 is 6.19.